The first-order valence-corrected chi connectivity index (χ1v) is 9.34. The summed E-state index contributed by atoms with van der Waals surface area (Å²) in [6.45, 7) is 2.04. The molecule has 4 rings (SSSR count). The number of nitrogens with zero attached hydrogens (tertiary/aromatic N) is 3. The van der Waals surface area contributed by atoms with Gasteiger partial charge in [0.05, 0.1) is 16.2 Å². The van der Waals surface area contributed by atoms with Gasteiger partial charge >= 0.3 is 0 Å². The van der Waals surface area contributed by atoms with Crippen molar-refractivity contribution in [3.05, 3.63) is 53.1 Å². The molecule has 0 spiro atoms. The normalized spacial score (nSPS) is 16.8. The number of nitrogens with one attached hydrogen (secondary N) is 1. The average Bonchev–Trinajstić information content (AvgIpc) is 3.09. The summed E-state index contributed by atoms with van der Waals surface area (Å²) in [5, 5.41) is 3.70. The quantitative estimate of drug-likeness (QED) is 0.506. The van der Waals surface area contributed by atoms with Gasteiger partial charge in [0.1, 0.15) is 12.1 Å². The van der Waals surface area contributed by atoms with E-state index < -0.39 is 5.82 Å². The van der Waals surface area contributed by atoms with Gasteiger partial charge in [0, 0.05) is 29.1 Å². The maximum Gasteiger partial charge on any atom is 0.165 e. The molecule has 2 aromatic carbocycles. The molecule has 1 atom stereocenters. The topological polar surface area (TPSA) is 67.1 Å². The monoisotopic (exact) mass is 395 g/mol. The number of hydrogen-bond acceptors (Lipinski definition) is 5. The standard InChI is InChI=1S/C21H19ClFN5/c1-28-8-7-13(11-28)5-6-14-9-19-15(10-17(14)24)21(26-12-25-19)27-18-4-2-3-16(22)20(18)23/h2-4,9-10,12-13H,7-8,11,24H2,1H3,(H,25,26,27). The Labute approximate surface area is 167 Å². The molecule has 3 aromatic rings. The summed E-state index contributed by atoms with van der Waals surface area (Å²) in [7, 11) is 2.10. The van der Waals surface area contributed by atoms with E-state index in [1.165, 1.54) is 12.4 Å². The maximum atomic E-state index is 14.2. The second-order valence-electron chi connectivity index (χ2n) is 6.92. The van der Waals surface area contributed by atoms with Crippen LogP contribution in [0.5, 0.6) is 0 Å². The molecule has 142 valence electrons. The fourth-order valence-electron chi connectivity index (χ4n) is 3.29. The van der Waals surface area contributed by atoms with E-state index in [0.717, 1.165) is 25.1 Å². The fourth-order valence-corrected chi connectivity index (χ4v) is 3.46. The van der Waals surface area contributed by atoms with Gasteiger partial charge in [-0.15, -0.1) is 0 Å². The lowest BCUT2D eigenvalue weighted by atomic mass is 10.1. The highest BCUT2D eigenvalue weighted by Crippen LogP contribution is 2.29. The number of rotatable bonds is 2. The van der Waals surface area contributed by atoms with Crippen LogP contribution in [0.25, 0.3) is 10.9 Å². The Kier molecular flexibility index (Phi) is 5.03. The molecule has 3 N–H and O–H groups in total. The third kappa shape index (κ3) is 3.72. The third-order valence-corrected chi connectivity index (χ3v) is 5.11. The Morgan fingerprint density at radius 2 is 2.18 bits per heavy atom. The number of fused-ring (bicyclic) bond motifs is 1. The molecule has 0 amide bonds. The van der Waals surface area contributed by atoms with Crippen LogP contribution in [0.2, 0.25) is 5.02 Å². The van der Waals surface area contributed by atoms with Crippen molar-refractivity contribution in [2.75, 3.05) is 31.2 Å². The van der Waals surface area contributed by atoms with E-state index >= 15 is 0 Å². The second kappa shape index (κ2) is 7.63. The summed E-state index contributed by atoms with van der Waals surface area (Å²) in [4.78, 5) is 10.8. The predicted octanol–water partition coefficient (Wildman–Crippen LogP) is 4.05. The van der Waals surface area contributed by atoms with Crippen molar-refractivity contribution < 1.29 is 4.39 Å². The molecule has 7 heteroatoms. The molecule has 1 fully saturated rings. The zero-order valence-electron chi connectivity index (χ0n) is 15.3. The Morgan fingerprint density at radius 3 is 2.96 bits per heavy atom. The summed E-state index contributed by atoms with van der Waals surface area (Å²) in [5.74, 6) is 6.77. The summed E-state index contributed by atoms with van der Waals surface area (Å²) < 4.78 is 14.2. The largest absolute Gasteiger partial charge is 0.398 e. The van der Waals surface area contributed by atoms with Crippen LogP contribution >= 0.6 is 11.6 Å². The van der Waals surface area contributed by atoms with Crippen molar-refractivity contribution >= 4 is 39.7 Å². The number of hydrogen-bond donors (Lipinski definition) is 2. The molecular formula is C21H19ClFN5. The van der Waals surface area contributed by atoms with Crippen LogP contribution in [0.3, 0.4) is 0 Å². The van der Waals surface area contributed by atoms with Crippen LogP contribution in [0, 0.1) is 23.6 Å². The van der Waals surface area contributed by atoms with Gasteiger partial charge in [0.2, 0.25) is 0 Å². The molecule has 1 aliphatic rings. The smallest absolute Gasteiger partial charge is 0.165 e. The fraction of sp³-hybridized carbons (Fsp3) is 0.238. The minimum atomic E-state index is -0.534. The van der Waals surface area contributed by atoms with E-state index in [1.807, 2.05) is 6.07 Å². The van der Waals surface area contributed by atoms with Gasteiger partial charge in [0.25, 0.3) is 0 Å². The SMILES string of the molecule is CN1CCC(C#Cc2cc3ncnc(Nc4cccc(Cl)c4F)c3cc2N)C1. The summed E-state index contributed by atoms with van der Waals surface area (Å²) in [6.07, 6.45) is 2.49. The molecular weight excluding hydrogens is 377 g/mol. The highest BCUT2D eigenvalue weighted by molar-refractivity contribution is 6.31. The maximum absolute atomic E-state index is 14.2. The summed E-state index contributed by atoms with van der Waals surface area (Å²) >= 11 is 5.86. The number of benzene rings is 2. The number of aromatic nitrogens is 2. The molecule has 1 saturated heterocycles. The lowest BCUT2D eigenvalue weighted by molar-refractivity contribution is 0.409. The van der Waals surface area contributed by atoms with E-state index in [-0.39, 0.29) is 10.7 Å². The molecule has 1 aliphatic heterocycles. The van der Waals surface area contributed by atoms with Crippen LogP contribution in [0.4, 0.5) is 21.6 Å². The molecule has 1 unspecified atom stereocenters. The lowest BCUT2D eigenvalue weighted by Gasteiger charge is -2.11. The van der Waals surface area contributed by atoms with Gasteiger partial charge in [-0.1, -0.05) is 29.5 Å². The molecule has 2 heterocycles. The van der Waals surface area contributed by atoms with Gasteiger partial charge < -0.3 is 16.0 Å². The molecule has 0 radical (unpaired) electrons. The van der Waals surface area contributed by atoms with E-state index in [4.69, 9.17) is 17.3 Å². The highest BCUT2D eigenvalue weighted by Gasteiger charge is 2.17. The number of anilines is 3. The predicted molar refractivity (Wildman–Crippen MR) is 111 cm³/mol. The molecule has 5 nitrogen and oxygen atoms in total. The van der Waals surface area contributed by atoms with Crippen molar-refractivity contribution in [3.8, 4) is 11.8 Å². The minimum Gasteiger partial charge on any atom is -0.398 e. The first kappa shape index (κ1) is 18.5. The third-order valence-electron chi connectivity index (χ3n) is 4.81. The Bertz CT molecular complexity index is 1110. The van der Waals surface area contributed by atoms with Crippen molar-refractivity contribution in [1.29, 1.82) is 0 Å². The highest BCUT2D eigenvalue weighted by atomic mass is 35.5. The Morgan fingerprint density at radius 1 is 1.32 bits per heavy atom. The van der Waals surface area contributed by atoms with E-state index in [0.29, 0.717) is 28.3 Å². The lowest BCUT2D eigenvalue weighted by Crippen LogP contribution is -2.13. The van der Waals surface area contributed by atoms with E-state index in [9.17, 15) is 4.39 Å². The van der Waals surface area contributed by atoms with Crippen LogP contribution in [-0.4, -0.2) is 35.0 Å². The summed E-state index contributed by atoms with van der Waals surface area (Å²) in [6, 6.07) is 8.37. The van der Waals surface area contributed by atoms with Crippen molar-refractivity contribution in [3.63, 3.8) is 0 Å². The van der Waals surface area contributed by atoms with Crippen LogP contribution < -0.4 is 11.1 Å². The molecule has 1 aromatic heterocycles. The Balaban J connectivity index is 1.68. The first-order chi connectivity index (χ1) is 13.5. The van der Waals surface area contributed by atoms with Crippen molar-refractivity contribution in [1.82, 2.24) is 14.9 Å². The zero-order valence-corrected chi connectivity index (χ0v) is 16.1. The van der Waals surface area contributed by atoms with Crippen LogP contribution in [0.1, 0.15) is 12.0 Å². The van der Waals surface area contributed by atoms with Crippen molar-refractivity contribution in [2.24, 2.45) is 5.92 Å². The van der Waals surface area contributed by atoms with Gasteiger partial charge in [-0.05, 0) is 44.3 Å². The minimum absolute atomic E-state index is 0.0398. The Hall–Kier alpha value is -2.88. The average molecular weight is 396 g/mol. The molecule has 0 aliphatic carbocycles. The first-order valence-electron chi connectivity index (χ1n) is 8.96. The van der Waals surface area contributed by atoms with Gasteiger partial charge in [0.15, 0.2) is 5.82 Å². The second-order valence-corrected chi connectivity index (χ2v) is 7.33. The molecule has 28 heavy (non-hydrogen) atoms. The van der Waals surface area contributed by atoms with Crippen molar-refractivity contribution in [2.45, 2.75) is 6.42 Å². The zero-order chi connectivity index (χ0) is 19.7. The number of nitrogens with two attached hydrogens (primary N) is 1. The van der Waals surface area contributed by atoms with Gasteiger partial charge in [-0.2, -0.15) is 0 Å². The van der Waals surface area contributed by atoms with Gasteiger partial charge in [-0.25, -0.2) is 14.4 Å². The number of nitrogen functional groups attached to an aromatic ring is 1. The van der Waals surface area contributed by atoms with Crippen LogP contribution in [-0.2, 0) is 0 Å². The van der Waals surface area contributed by atoms with Crippen LogP contribution in [0.15, 0.2) is 36.7 Å². The molecule has 0 saturated carbocycles. The van der Waals surface area contributed by atoms with Gasteiger partial charge in [-0.3, -0.25) is 0 Å². The summed E-state index contributed by atoms with van der Waals surface area (Å²) in [5.41, 5.74) is 8.42. The molecule has 0 bridgehead atoms. The number of likely N-dealkylation sites (tertiary alicyclic amines) is 1. The van der Waals surface area contributed by atoms with E-state index in [2.05, 4.69) is 39.1 Å². The number of halogens is 2. The van der Waals surface area contributed by atoms with E-state index in [1.54, 1.807) is 18.2 Å².